The lowest BCUT2D eigenvalue weighted by molar-refractivity contribution is 0.0906. The number of unbranched alkanes of at least 4 members (excludes halogenated alkanes) is 1. The molecular weight excluding hydrogens is 514 g/mol. The third-order valence-electron chi connectivity index (χ3n) is 8.15. The molecular formula is C32H37N7O2. The van der Waals surface area contributed by atoms with Gasteiger partial charge in [-0.2, -0.15) is 10.2 Å². The summed E-state index contributed by atoms with van der Waals surface area (Å²) in [5, 5.41) is 10.5. The van der Waals surface area contributed by atoms with Crippen molar-refractivity contribution in [3.05, 3.63) is 78.4 Å². The summed E-state index contributed by atoms with van der Waals surface area (Å²) in [6.07, 6.45) is 9.82. The molecule has 212 valence electrons. The number of nitrogen functional groups attached to an aromatic ring is 1. The zero-order valence-corrected chi connectivity index (χ0v) is 23.6. The van der Waals surface area contributed by atoms with E-state index in [1.807, 2.05) is 27.1 Å². The van der Waals surface area contributed by atoms with Crippen LogP contribution >= 0.6 is 0 Å². The second kappa shape index (κ2) is 12.0. The number of ether oxygens (including phenoxy) is 1. The van der Waals surface area contributed by atoms with Gasteiger partial charge in [-0.05, 0) is 61.8 Å². The van der Waals surface area contributed by atoms with Crippen LogP contribution in [-0.4, -0.2) is 55.1 Å². The van der Waals surface area contributed by atoms with Gasteiger partial charge in [0.25, 0.3) is 0 Å². The molecule has 1 aliphatic heterocycles. The number of fused-ring (bicyclic) bond motifs is 2. The Bertz CT molecular complexity index is 1630. The van der Waals surface area contributed by atoms with Gasteiger partial charge in [0.2, 0.25) is 0 Å². The summed E-state index contributed by atoms with van der Waals surface area (Å²) >= 11 is 0. The van der Waals surface area contributed by atoms with Crippen LogP contribution in [0, 0.1) is 5.92 Å². The second-order valence-corrected chi connectivity index (χ2v) is 10.9. The fourth-order valence-electron chi connectivity index (χ4n) is 5.98. The van der Waals surface area contributed by atoms with Gasteiger partial charge in [-0.15, -0.1) is 0 Å². The fourth-order valence-corrected chi connectivity index (χ4v) is 5.98. The van der Waals surface area contributed by atoms with Gasteiger partial charge in [0.05, 0.1) is 18.7 Å². The number of amides is 1. The summed E-state index contributed by atoms with van der Waals surface area (Å²) in [6, 6.07) is 19.0. The summed E-state index contributed by atoms with van der Waals surface area (Å²) in [7, 11) is 0. The highest BCUT2D eigenvalue weighted by molar-refractivity contribution is 5.92. The lowest BCUT2D eigenvalue weighted by Gasteiger charge is -2.31. The quantitative estimate of drug-likeness (QED) is 0.227. The first-order valence-corrected chi connectivity index (χ1v) is 14.6. The highest BCUT2D eigenvalue weighted by Crippen LogP contribution is 2.33. The highest BCUT2D eigenvalue weighted by atomic mass is 16.6. The first-order chi connectivity index (χ1) is 20.1. The molecule has 2 aromatic carbocycles. The van der Waals surface area contributed by atoms with Crippen molar-refractivity contribution in [1.82, 2.24) is 29.3 Å². The molecule has 3 aromatic heterocycles. The first kappa shape index (κ1) is 26.8. The normalized spacial score (nSPS) is 14.2. The minimum atomic E-state index is -0.178. The van der Waals surface area contributed by atoms with E-state index in [1.54, 1.807) is 0 Å². The zero-order chi connectivity index (χ0) is 28.2. The molecule has 4 heterocycles. The van der Waals surface area contributed by atoms with E-state index in [0.29, 0.717) is 18.3 Å². The summed E-state index contributed by atoms with van der Waals surface area (Å²) in [5.74, 6) is 1.14. The van der Waals surface area contributed by atoms with Crippen LogP contribution < -0.4 is 5.73 Å². The number of likely N-dealkylation sites (tertiary alicyclic amines) is 1. The number of nitrogens with two attached hydrogens (primary N) is 1. The van der Waals surface area contributed by atoms with Gasteiger partial charge >= 0.3 is 6.09 Å². The molecule has 5 aromatic rings. The highest BCUT2D eigenvalue weighted by Gasteiger charge is 2.23. The van der Waals surface area contributed by atoms with Crippen LogP contribution in [0.3, 0.4) is 0 Å². The number of hydrogen-bond donors (Lipinski definition) is 1. The van der Waals surface area contributed by atoms with E-state index in [2.05, 4.69) is 64.8 Å². The molecule has 0 aliphatic carbocycles. The van der Waals surface area contributed by atoms with Crippen molar-refractivity contribution in [2.75, 3.05) is 25.4 Å². The number of anilines is 1. The van der Waals surface area contributed by atoms with Crippen molar-refractivity contribution < 1.29 is 9.53 Å². The number of aromatic nitrogens is 5. The van der Waals surface area contributed by atoms with E-state index in [0.717, 1.165) is 85.0 Å². The Morgan fingerprint density at radius 2 is 1.90 bits per heavy atom. The van der Waals surface area contributed by atoms with E-state index in [9.17, 15) is 4.79 Å². The Labute approximate surface area is 239 Å². The van der Waals surface area contributed by atoms with Crippen LogP contribution in [0.1, 0.15) is 50.3 Å². The fraction of sp³-hybridized carbons (Fsp3) is 0.375. The Hall–Kier alpha value is -4.40. The van der Waals surface area contributed by atoms with Gasteiger partial charge in [-0.3, -0.25) is 4.68 Å². The smallest absolute Gasteiger partial charge is 0.409 e. The number of piperidine rings is 1. The number of rotatable bonds is 9. The molecule has 1 fully saturated rings. The maximum atomic E-state index is 12.0. The van der Waals surface area contributed by atoms with Crippen LogP contribution in [0.5, 0.6) is 0 Å². The molecule has 0 radical (unpaired) electrons. The van der Waals surface area contributed by atoms with Crippen molar-refractivity contribution in [3.8, 4) is 11.1 Å². The number of aryl methyl sites for hydroxylation is 1. The lowest BCUT2D eigenvalue weighted by Crippen LogP contribution is -2.38. The summed E-state index contributed by atoms with van der Waals surface area (Å²) in [6.45, 7) is 4.60. The van der Waals surface area contributed by atoms with Crippen molar-refractivity contribution in [2.24, 2.45) is 5.92 Å². The number of benzene rings is 2. The Balaban J connectivity index is 1.14. The number of nitrogens with zero attached hydrogens (tertiary/aromatic N) is 6. The number of hydrogen-bond acceptors (Lipinski definition) is 6. The minimum absolute atomic E-state index is 0.178. The van der Waals surface area contributed by atoms with Gasteiger partial charge < -0.3 is 15.4 Å². The van der Waals surface area contributed by atoms with Crippen LogP contribution in [-0.2, 0) is 17.7 Å². The molecule has 0 spiro atoms. The van der Waals surface area contributed by atoms with Crippen LogP contribution in [0.4, 0.5) is 10.6 Å². The van der Waals surface area contributed by atoms with E-state index < -0.39 is 0 Å². The zero-order valence-electron chi connectivity index (χ0n) is 23.6. The molecule has 9 heteroatoms. The van der Waals surface area contributed by atoms with E-state index in [4.69, 9.17) is 15.6 Å². The Morgan fingerprint density at radius 1 is 1.07 bits per heavy atom. The first-order valence-electron chi connectivity index (χ1n) is 14.6. The summed E-state index contributed by atoms with van der Waals surface area (Å²) in [5.41, 5.74) is 12.6. The molecule has 9 nitrogen and oxygen atoms in total. The maximum Gasteiger partial charge on any atom is 0.409 e. The van der Waals surface area contributed by atoms with E-state index in [1.165, 1.54) is 18.3 Å². The molecule has 0 bridgehead atoms. The average molecular weight is 552 g/mol. The SMILES string of the molecule is CCOC(=O)N1CCC(CCCCc2cc(-c3ccc4cn(Cc5ccccc5)nc4c3)c3c(N)ncnn23)CC1. The third kappa shape index (κ3) is 5.89. The molecule has 2 N–H and O–H groups in total. The van der Waals surface area contributed by atoms with Gasteiger partial charge in [-0.1, -0.05) is 55.3 Å². The van der Waals surface area contributed by atoms with Crippen LogP contribution in [0.2, 0.25) is 0 Å². The topological polar surface area (TPSA) is 104 Å². The molecule has 0 saturated carbocycles. The van der Waals surface area contributed by atoms with Gasteiger partial charge in [0.1, 0.15) is 11.8 Å². The number of carbonyl (C=O) groups is 1. The number of carbonyl (C=O) groups excluding carboxylic acids is 1. The van der Waals surface area contributed by atoms with Crippen molar-refractivity contribution in [2.45, 2.75) is 52.0 Å². The largest absolute Gasteiger partial charge is 0.450 e. The molecule has 1 aliphatic rings. The van der Waals surface area contributed by atoms with Crippen LogP contribution in [0.25, 0.3) is 27.5 Å². The van der Waals surface area contributed by atoms with Crippen LogP contribution in [0.15, 0.2) is 67.1 Å². The monoisotopic (exact) mass is 551 g/mol. The van der Waals surface area contributed by atoms with Gasteiger partial charge in [-0.25, -0.2) is 14.3 Å². The Kier molecular flexibility index (Phi) is 7.84. The molecule has 0 unspecified atom stereocenters. The maximum absolute atomic E-state index is 12.0. The van der Waals surface area contributed by atoms with Crippen molar-refractivity contribution in [1.29, 1.82) is 0 Å². The molecule has 0 atom stereocenters. The third-order valence-corrected chi connectivity index (χ3v) is 8.15. The molecule has 41 heavy (non-hydrogen) atoms. The lowest BCUT2D eigenvalue weighted by atomic mass is 9.91. The summed E-state index contributed by atoms with van der Waals surface area (Å²) < 4.78 is 9.09. The van der Waals surface area contributed by atoms with E-state index in [-0.39, 0.29) is 6.09 Å². The molecule has 1 saturated heterocycles. The van der Waals surface area contributed by atoms with Gasteiger partial charge in [0.15, 0.2) is 5.82 Å². The minimum Gasteiger partial charge on any atom is -0.450 e. The molecule has 6 rings (SSSR count). The predicted molar refractivity (Wildman–Crippen MR) is 161 cm³/mol. The van der Waals surface area contributed by atoms with Gasteiger partial charge in [0, 0.05) is 35.9 Å². The Morgan fingerprint density at radius 3 is 2.71 bits per heavy atom. The standard InChI is InChI=1S/C32H37N7O2/c1-2-41-32(40)37-16-14-23(15-17-37)8-6-7-11-27-19-28(30-31(33)34-22-35-39(27)30)25-12-13-26-21-38(36-29(26)18-25)20-24-9-4-3-5-10-24/h3-5,9-10,12-13,18-19,21-23H,2,6-8,11,14-17,20H2,1H3,(H2,33,34,35). The van der Waals surface area contributed by atoms with E-state index >= 15 is 0 Å². The average Bonchev–Trinajstić information content (AvgIpc) is 3.57. The summed E-state index contributed by atoms with van der Waals surface area (Å²) in [4.78, 5) is 18.1. The second-order valence-electron chi connectivity index (χ2n) is 10.9. The van der Waals surface area contributed by atoms with Crippen molar-refractivity contribution >= 4 is 28.3 Å². The van der Waals surface area contributed by atoms with Crippen molar-refractivity contribution in [3.63, 3.8) is 0 Å². The predicted octanol–water partition coefficient (Wildman–Crippen LogP) is 5.96. The molecule has 1 amide bonds.